The highest BCUT2D eigenvalue weighted by atomic mass is 32.2. The van der Waals surface area contributed by atoms with Crippen LogP contribution in [0.25, 0.3) is 0 Å². The quantitative estimate of drug-likeness (QED) is 0.819. The van der Waals surface area contributed by atoms with Gasteiger partial charge in [0.25, 0.3) is 10.0 Å². The van der Waals surface area contributed by atoms with Crippen LogP contribution >= 0.6 is 11.3 Å². The van der Waals surface area contributed by atoms with Gasteiger partial charge in [0, 0.05) is 11.6 Å². The molecule has 0 unspecified atom stereocenters. The summed E-state index contributed by atoms with van der Waals surface area (Å²) < 4.78 is 57.3. The molecule has 0 saturated carbocycles. The van der Waals surface area contributed by atoms with Gasteiger partial charge in [0.05, 0.1) is 4.90 Å². The zero-order valence-electron chi connectivity index (χ0n) is 13.0. The van der Waals surface area contributed by atoms with E-state index in [1.54, 1.807) is 20.8 Å². The largest absolute Gasteiger partial charge is 0.443 e. The number of hydrogen-bond donors (Lipinski definition) is 0. The molecule has 0 spiro atoms. The van der Waals surface area contributed by atoms with Gasteiger partial charge in [-0.25, -0.2) is 27.0 Å². The molecule has 0 saturated heterocycles. The first-order valence-electron chi connectivity index (χ1n) is 6.65. The molecule has 0 aliphatic rings. The van der Waals surface area contributed by atoms with Crippen molar-refractivity contribution in [3.05, 3.63) is 41.4 Å². The van der Waals surface area contributed by atoms with Crippen molar-refractivity contribution in [1.82, 2.24) is 4.98 Å². The van der Waals surface area contributed by atoms with E-state index < -0.39 is 38.2 Å². The normalized spacial score (nSPS) is 12.0. The second kappa shape index (κ2) is 6.44. The number of aromatic nitrogens is 1. The Bertz CT molecular complexity index is 846. The summed E-state index contributed by atoms with van der Waals surface area (Å²) in [6.45, 7) is 4.69. The molecule has 0 fully saturated rings. The lowest BCUT2D eigenvalue weighted by atomic mass is 10.2. The molecule has 2 rings (SSSR count). The molecule has 2 aromatic rings. The number of ether oxygens (including phenoxy) is 1. The molecule has 130 valence electrons. The van der Waals surface area contributed by atoms with Gasteiger partial charge in [-0.15, -0.1) is 15.6 Å². The van der Waals surface area contributed by atoms with E-state index in [9.17, 15) is 22.0 Å². The minimum absolute atomic E-state index is 0.172. The molecule has 6 nitrogen and oxygen atoms in total. The van der Waals surface area contributed by atoms with Gasteiger partial charge in [-0.2, -0.15) is 0 Å². The summed E-state index contributed by atoms with van der Waals surface area (Å²) in [5, 5.41) is 1.29. The molecule has 1 heterocycles. The van der Waals surface area contributed by atoms with Crippen LogP contribution in [0.4, 0.5) is 18.7 Å². The predicted molar refractivity (Wildman–Crippen MR) is 84.4 cm³/mol. The highest BCUT2D eigenvalue weighted by Crippen LogP contribution is 2.28. The molecule has 1 aromatic carbocycles. The van der Waals surface area contributed by atoms with Gasteiger partial charge >= 0.3 is 6.09 Å². The van der Waals surface area contributed by atoms with Gasteiger partial charge in [-0.05, 0) is 39.0 Å². The van der Waals surface area contributed by atoms with Gasteiger partial charge in [-0.3, -0.25) is 0 Å². The van der Waals surface area contributed by atoms with Gasteiger partial charge < -0.3 is 4.74 Å². The lowest BCUT2D eigenvalue weighted by Gasteiger charge is -2.25. The summed E-state index contributed by atoms with van der Waals surface area (Å²) in [5.41, 5.74) is -0.962. The van der Waals surface area contributed by atoms with Crippen LogP contribution in [0.3, 0.4) is 0 Å². The molecule has 0 radical (unpaired) electrons. The van der Waals surface area contributed by atoms with Crippen LogP contribution in [-0.4, -0.2) is 25.1 Å². The van der Waals surface area contributed by atoms with Gasteiger partial charge in [0.15, 0.2) is 11.6 Å². The van der Waals surface area contributed by atoms with Crippen molar-refractivity contribution in [1.29, 1.82) is 0 Å². The predicted octanol–water partition coefficient (Wildman–Crippen LogP) is 3.55. The Morgan fingerprint density at radius 3 is 2.42 bits per heavy atom. The van der Waals surface area contributed by atoms with Crippen LogP contribution in [0.5, 0.6) is 0 Å². The van der Waals surface area contributed by atoms with Crippen LogP contribution < -0.4 is 4.31 Å². The molecular formula is C14H14F2N2O4S2. The second-order valence-electron chi connectivity index (χ2n) is 5.64. The highest BCUT2D eigenvalue weighted by Gasteiger charge is 2.36. The minimum atomic E-state index is -4.53. The number of halogens is 2. The minimum Gasteiger partial charge on any atom is -0.443 e. The molecule has 0 N–H and O–H groups in total. The fourth-order valence-electron chi connectivity index (χ4n) is 1.64. The maximum Gasteiger partial charge on any atom is 0.431 e. The van der Waals surface area contributed by atoms with Crippen molar-refractivity contribution in [2.75, 3.05) is 4.31 Å². The molecule has 0 atom stereocenters. The Morgan fingerprint density at radius 1 is 1.25 bits per heavy atom. The van der Waals surface area contributed by atoms with Crippen molar-refractivity contribution in [3.8, 4) is 0 Å². The molecule has 1 amide bonds. The number of nitrogens with zero attached hydrogens (tertiary/aromatic N) is 2. The van der Waals surface area contributed by atoms with E-state index in [1.165, 1.54) is 11.6 Å². The van der Waals surface area contributed by atoms with Gasteiger partial charge in [0.2, 0.25) is 5.13 Å². The Kier molecular flexibility index (Phi) is 4.90. The van der Waals surface area contributed by atoms with Gasteiger partial charge in [0.1, 0.15) is 5.60 Å². The van der Waals surface area contributed by atoms with Crippen molar-refractivity contribution in [2.24, 2.45) is 0 Å². The van der Waals surface area contributed by atoms with E-state index in [4.69, 9.17) is 4.74 Å². The summed E-state index contributed by atoms with van der Waals surface area (Å²) in [7, 11) is -4.53. The Morgan fingerprint density at radius 2 is 1.92 bits per heavy atom. The standard InChI is InChI=1S/C14H14F2N2O4S2/c1-14(2,3)22-13(19)18(12-17-6-7-23-12)24(20,21)9-4-5-10(15)11(16)8-9/h4-8H,1-3H3. The van der Waals surface area contributed by atoms with E-state index in [0.717, 1.165) is 17.4 Å². The number of carbonyl (C=O) groups excluding carboxylic acids is 1. The monoisotopic (exact) mass is 376 g/mol. The zero-order chi connectivity index (χ0) is 18.1. The zero-order valence-corrected chi connectivity index (χ0v) is 14.6. The summed E-state index contributed by atoms with van der Waals surface area (Å²) in [5.74, 6) is -2.55. The summed E-state index contributed by atoms with van der Waals surface area (Å²) in [4.78, 5) is 15.6. The topological polar surface area (TPSA) is 76.6 Å². The molecule has 0 bridgehead atoms. The van der Waals surface area contributed by atoms with Crippen molar-refractivity contribution in [3.63, 3.8) is 0 Å². The number of thiazole rings is 1. The lowest BCUT2D eigenvalue weighted by molar-refractivity contribution is 0.0609. The molecule has 1 aromatic heterocycles. The fraction of sp³-hybridized carbons (Fsp3) is 0.286. The van der Waals surface area contributed by atoms with E-state index in [0.29, 0.717) is 16.4 Å². The Labute approximate surface area is 141 Å². The second-order valence-corrected chi connectivity index (χ2v) is 8.30. The third-order valence-electron chi connectivity index (χ3n) is 2.58. The first-order valence-corrected chi connectivity index (χ1v) is 8.97. The third-order valence-corrected chi connectivity index (χ3v) is 5.11. The Balaban J connectivity index is 2.53. The summed E-state index contributed by atoms with van der Waals surface area (Å²) in [6, 6.07) is 2.02. The molecular weight excluding hydrogens is 362 g/mol. The number of sulfonamides is 1. The van der Waals surface area contributed by atoms with Crippen LogP contribution in [-0.2, 0) is 14.8 Å². The Hall–Kier alpha value is -2.07. The number of hydrogen-bond acceptors (Lipinski definition) is 6. The van der Waals surface area contributed by atoms with Gasteiger partial charge in [-0.1, -0.05) is 0 Å². The molecule has 0 aliphatic carbocycles. The van der Waals surface area contributed by atoms with Crippen LogP contribution in [0.2, 0.25) is 0 Å². The molecule has 10 heteroatoms. The lowest BCUT2D eigenvalue weighted by Crippen LogP contribution is -2.41. The molecule has 24 heavy (non-hydrogen) atoms. The number of rotatable bonds is 3. The average Bonchev–Trinajstić information content (AvgIpc) is 2.93. The first kappa shape index (κ1) is 18.3. The average molecular weight is 376 g/mol. The molecule has 0 aliphatic heterocycles. The van der Waals surface area contributed by atoms with E-state index in [2.05, 4.69) is 4.98 Å². The number of carbonyl (C=O) groups is 1. The third kappa shape index (κ3) is 3.88. The SMILES string of the molecule is CC(C)(C)OC(=O)N(c1nccs1)S(=O)(=O)c1ccc(F)c(F)c1. The van der Waals surface area contributed by atoms with Crippen molar-refractivity contribution >= 4 is 32.6 Å². The summed E-state index contributed by atoms with van der Waals surface area (Å²) >= 11 is 0.881. The van der Waals surface area contributed by atoms with Crippen molar-refractivity contribution in [2.45, 2.75) is 31.3 Å². The number of benzene rings is 1. The summed E-state index contributed by atoms with van der Waals surface area (Å²) in [6.07, 6.45) is 0.111. The van der Waals surface area contributed by atoms with Crippen molar-refractivity contribution < 1.29 is 26.7 Å². The van der Waals surface area contributed by atoms with Crippen LogP contribution in [0.15, 0.2) is 34.7 Å². The van der Waals surface area contributed by atoms with E-state index in [1.807, 2.05) is 0 Å². The highest BCUT2D eigenvalue weighted by molar-refractivity contribution is 7.93. The number of anilines is 1. The smallest absolute Gasteiger partial charge is 0.431 e. The fourth-order valence-corrected chi connectivity index (χ4v) is 3.79. The first-order chi connectivity index (χ1) is 11.0. The van der Waals surface area contributed by atoms with Crippen LogP contribution in [0, 0.1) is 11.6 Å². The maximum absolute atomic E-state index is 13.4. The van der Waals surface area contributed by atoms with E-state index in [-0.39, 0.29) is 5.13 Å². The van der Waals surface area contributed by atoms with Crippen LogP contribution in [0.1, 0.15) is 20.8 Å². The number of amides is 1. The van der Waals surface area contributed by atoms with E-state index >= 15 is 0 Å². The maximum atomic E-state index is 13.4.